The summed E-state index contributed by atoms with van der Waals surface area (Å²) in [7, 11) is 0. The van der Waals surface area contributed by atoms with E-state index in [0.717, 1.165) is 13.0 Å². The monoisotopic (exact) mass is 243 g/mol. The maximum Gasteiger partial charge on any atom is 0.0560 e. The van der Waals surface area contributed by atoms with Gasteiger partial charge in [0.1, 0.15) is 0 Å². The summed E-state index contributed by atoms with van der Waals surface area (Å²) in [6.07, 6.45) is 4.91. The van der Waals surface area contributed by atoms with Crippen molar-refractivity contribution >= 4 is 0 Å². The van der Waals surface area contributed by atoms with Gasteiger partial charge in [-0.05, 0) is 25.0 Å². The molecule has 3 heteroatoms. The van der Waals surface area contributed by atoms with Crippen LogP contribution in [0.15, 0.2) is 48.8 Å². The van der Waals surface area contributed by atoms with Gasteiger partial charge in [0.2, 0.25) is 0 Å². The maximum absolute atomic E-state index is 4.24. The molecular formula is C15H21N3. The number of rotatable bonds is 6. The van der Waals surface area contributed by atoms with Crippen molar-refractivity contribution < 1.29 is 0 Å². The molecule has 1 heterocycles. The fourth-order valence-corrected chi connectivity index (χ4v) is 2.22. The zero-order chi connectivity index (χ0) is 12.8. The van der Waals surface area contributed by atoms with Crippen molar-refractivity contribution in [2.45, 2.75) is 38.9 Å². The number of hydrogen-bond donors (Lipinski definition) is 1. The quantitative estimate of drug-likeness (QED) is 0.845. The third-order valence-corrected chi connectivity index (χ3v) is 3.12. The summed E-state index contributed by atoms with van der Waals surface area (Å²) in [6.45, 7) is 5.31. The lowest BCUT2D eigenvalue weighted by molar-refractivity contribution is 0.393. The van der Waals surface area contributed by atoms with Crippen molar-refractivity contribution in [1.29, 1.82) is 0 Å². The van der Waals surface area contributed by atoms with E-state index in [9.17, 15) is 0 Å². The average Bonchev–Trinajstić information content (AvgIpc) is 2.90. The van der Waals surface area contributed by atoms with Crippen LogP contribution in [0.25, 0.3) is 0 Å². The summed E-state index contributed by atoms with van der Waals surface area (Å²) in [5.41, 5.74) is 1.35. The maximum atomic E-state index is 4.24. The molecule has 0 radical (unpaired) electrons. The highest BCUT2D eigenvalue weighted by Gasteiger charge is 2.12. The highest BCUT2D eigenvalue weighted by atomic mass is 15.3. The van der Waals surface area contributed by atoms with E-state index >= 15 is 0 Å². The fourth-order valence-electron chi connectivity index (χ4n) is 2.22. The molecule has 0 amide bonds. The predicted octanol–water partition coefficient (Wildman–Crippen LogP) is 3.01. The molecule has 1 N–H and O–H groups in total. The number of benzene rings is 1. The smallest absolute Gasteiger partial charge is 0.0560 e. The van der Waals surface area contributed by atoms with Crippen molar-refractivity contribution in [1.82, 2.24) is 15.1 Å². The molecule has 2 atom stereocenters. The molecule has 18 heavy (non-hydrogen) atoms. The predicted molar refractivity (Wildman–Crippen MR) is 74.3 cm³/mol. The van der Waals surface area contributed by atoms with E-state index < -0.39 is 0 Å². The van der Waals surface area contributed by atoms with Crippen LogP contribution in [0.4, 0.5) is 0 Å². The first-order valence-electron chi connectivity index (χ1n) is 6.58. The largest absolute Gasteiger partial charge is 0.306 e. The lowest BCUT2D eigenvalue weighted by Gasteiger charge is -2.22. The molecule has 1 aromatic heterocycles. The first kappa shape index (κ1) is 12.8. The summed E-state index contributed by atoms with van der Waals surface area (Å²) >= 11 is 0. The molecule has 0 bridgehead atoms. The van der Waals surface area contributed by atoms with Crippen molar-refractivity contribution in [3.8, 4) is 0 Å². The normalized spacial score (nSPS) is 14.3. The van der Waals surface area contributed by atoms with Gasteiger partial charge in [0.15, 0.2) is 0 Å². The molecule has 2 unspecified atom stereocenters. The van der Waals surface area contributed by atoms with Gasteiger partial charge in [-0.25, -0.2) is 0 Å². The minimum Gasteiger partial charge on any atom is -0.306 e. The van der Waals surface area contributed by atoms with Crippen molar-refractivity contribution in [2.75, 3.05) is 0 Å². The molecule has 0 aliphatic rings. The van der Waals surface area contributed by atoms with E-state index in [1.807, 2.05) is 23.1 Å². The Morgan fingerprint density at radius 1 is 1.22 bits per heavy atom. The molecule has 3 nitrogen and oxygen atoms in total. The lowest BCUT2D eigenvalue weighted by atomic mass is 10.0. The van der Waals surface area contributed by atoms with Gasteiger partial charge in [0, 0.05) is 24.5 Å². The van der Waals surface area contributed by atoms with Gasteiger partial charge in [-0.2, -0.15) is 5.10 Å². The van der Waals surface area contributed by atoms with Crippen LogP contribution in [-0.2, 0) is 6.54 Å². The highest BCUT2D eigenvalue weighted by Crippen LogP contribution is 2.16. The molecule has 0 fully saturated rings. The van der Waals surface area contributed by atoms with E-state index in [4.69, 9.17) is 0 Å². The first-order chi connectivity index (χ1) is 8.79. The second-order valence-electron chi connectivity index (χ2n) is 4.67. The number of nitrogens with one attached hydrogen (secondary N) is 1. The number of hydrogen-bond acceptors (Lipinski definition) is 2. The molecule has 0 aliphatic carbocycles. The van der Waals surface area contributed by atoms with Crippen molar-refractivity contribution in [2.24, 2.45) is 0 Å². The summed E-state index contributed by atoms with van der Waals surface area (Å²) in [4.78, 5) is 0. The van der Waals surface area contributed by atoms with E-state index in [-0.39, 0.29) is 0 Å². The molecule has 2 rings (SSSR count). The Balaban J connectivity index is 1.94. The van der Waals surface area contributed by atoms with Gasteiger partial charge in [0.05, 0.1) is 6.54 Å². The van der Waals surface area contributed by atoms with E-state index in [2.05, 4.69) is 54.6 Å². The Labute approximate surface area is 109 Å². The lowest BCUT2D eigenvalue weighted by Crippen LogP contribution is -2.33. The van der Waals surface area contributed by atoms with Gasteiger partial charge in [-0.1, -0.05) is 37.3 Å². The highest BCUT2D eigenvalue weighted by molar-refractivity contribution is 5.18. The van der Waals surface area contributed by atoms with Gasteiger partial charge in [-0.3, -0.25) is 4.68 Å². The van der Waals surface area contributed by atoms with E-state index in [1.54, 1.807) is 0 Å². The van der Waals surface area contributed by atoms with E-state index in [1.165, 1.54) is 5.56 Å². The second-order valence-corrected chi connectivity index (χ2v) is 4.67. The fraction of sp³-hybridized carbons (Fsp3) is 0.400. The molecule has 0 aliphatic heterocycles. The first-order valence-corrected chi connectivity index (χ1v) is 6.58. The Morgan fingerprint density at radius 2 is 2.00 bits per heavy atom. The van der Waals surface area contributed by atoms with Crippen LogP contribution in [0.5, 0.6) is 0 Å². The Hall–Kier alpha value is -1.61. The van der Waals surface area contributed by atoms with Gasteiger partial charge >= 0.3 is 0 Å². The second kappa shape index (κ2) is 6.36. The van der Waals surface area contributed by atoms with Gasteiger partial charge in [0.25, 0.3) is 0 Å². The zero-order valence-electron chi connectivity index (χ0n) is 11.1. The Kier molecular flexibility index (Phi) is 4.53. The van der Waals surface area contributed by atoms with Crippen molar-refractivity contribution in [3.05, 3.63) is 54.4 Å². The Bertz CT molecular complexity index is 436. The van der Waals surface area contributed by atoms with Crippen LogP contribution < -0.4 is 5.32 Å². The molecule has 96 valence electrons. The summed E-state index contributed by atoms with van der Waals surface area (Å²) in [5.74, 6) is 0. The third-order valence-electron chi connectivity index (χ3n) is 3.12. The molecule has 0 saturated heterocycles. The van der Waals surface area contributed by atoms with Crippen LogP contribution in [0.3, 0.4) is 0 Å². The minimum absolute atomic E-state index is 0.398. The van der Waals surface area contributed by atoms with Crippen LogP contribution in [-0.4, -0.2) is 15.8 Å². The third kappa shape index (κ3) is 3.44. The molecule has 0 saturated carbocycles. The van der Waals surface area contributed by atoms with Crippen LogP contribution in [0.1, 0.15) is 31.9 Å². The standard InChI is InChI=1S/C15H21N3/c1-3-15(14-8-5-4-6-9-14)17-13(2)12-18-11-7-10-16-18/h4-11,13,15,17H,3,12H2,1-2H3. The van der Waals surface area contributed by atoms with Gasteiger partial charge in [-0.15, -0.1) is 0 Å². The summed E-state index contributed by atoms with van der Waals surface area (Å²) in [5, 5.41) is 7.90. The van der Waals surface area contributed by atoms with Crippen molar-refractivity contribution in [3.63, 3.8) is 0 Å². The summed E-state index contributed by atoms with van der Waals surface area (Å²) < 4.78 is 1.97. The molecule has 1 aromatic carbocycles. The zero-order valence-corrected chi connectivity index (χ0v) is 11.1. The summed E-state index contributed by atoms with van der Waals surface area (Å²) in [6, 6.07) is 13.4. The Morgan fingerprint density at radius 3 is 2.61 bits per heavy atom. The molecular weight excluding hydrogens is 222 g/mol. The van der Waals surface area contributed by atoms with Crippen LogP contribution in [0, 0.1) is 0 Å². The minimum atomic E-state index is 0.398. The SMILES string of the molecule is CCC(NC(C)Cn1cccn1)c1ccccc1. The molecule has 2 aromatic rings. The average molecular weight is 243 g/mol. The van der Waals surface area contributed by atoms with Crippen LogP contribution >= 0.6 is 0 Å². The topological polar surface area (TPSA) is 29.9 Å². The van der Waals surface area contributed by atoms with Gasteiger partial charge < -0.3 is 5.32 Å². The molecule has 0 spiro atoms. The van der Waals surface area contributed by atoms with E-state index in [0.29, 0.717) is 12.1 Å². The number of aromatic nitrogens is 2. The van der Waals surface area contributed by atoms with Crippen LogP contribution in [0.2, 0.25) is 0 Å². The number of nitrogens with zero attached hydrogens (tertiary/aromatic N) is 2.